The van der Waals surface area contributed by atoms with Crippen LogP contribution in [0.3, 0.4) is 0 Å². The number of carbonyl (C=O) groups excluding carboxylic acids is 1. The lowest BCUT2D eigenvalue weighted by Gasteiger charge is -2.24. The van der Waals surface area contributed by atoms with Gasteiger partial charge in [-0.25, -0.2) is 0 Å². The monoisotopic (exact) mass is 299 g/mol. The molecule has 19 heavy (non-hydrogen) atoms. The highest BCUT2D eigenvalue weighted by Crippen LogP contribution is 2.28. The maximum Gasteiger partial charge on any atom is 0.323 e. The van der Waals surface area contributed by atoms with Crippen LogP contribution < -0.4 is 4.90 Å². The van der Waals surface area contributed by atoms with Crippen molar-refractivity contribution in [3.05, 3.63) is 29.3 Å². The Hall–Kier alpha value is -1.20. The lowest BCUT2D eigenvalue weighted by atomic mass is 10.1. The molecule has 1 aliphatic rings. The van der Waals surface area contributed by atoms with Crippen LogP contribution >= 0.6 is 23.4 Å². The van der Waals surface area contributed by atoms with Crippen molar-refractivity contribution in [3.8, 4) is 0 Å². The van der Waals surface area contributed by atoms with Crippen LogP contribution in [0.25, 0.3) is 0 Å². The van der Waals surface area contributed by atoms with Crippen LogP contribution in [0.2, 0.25) is 5.02 Å². The van der Waals surface area contributed by atoms with E-state index in [1.54, 1.807) is 36.0 Å². The van der Waals surface area contributed by atoms with Crippen LogP contribution in [-0.4, -0.2) is 35.0 Å². The van der Waals surface area contributed by atoms with Crippen molar-refractivity contribution in [1.82, 2.24) is 0 Å². The van der Waals surface area contributed by atoms with Gasteiger partial charge in [-0.15, -0.1) is 0 Å². The number of benzene rings is 1. The van der Waals surface area contributed by atoms with E-state index in [-0.39, 0.29) is 18.4 Å². The minimum atomic E-state index is -1.03. The highest BCUT2D eigenvalue weighted by molar-refractivity contribution is 7.99. The maximum atomic E-state index is 12.4. The maximum absolute atomic E-state index is 12.4. The Bertz CT molecular complexity index is 489. The molecule has 1 saturated heterocycles. The van der Waals surface area contributed by atoms with E-state index >= 15 is 0 Å². The molecule has 0 aliphatic carbocycles. The first-order valence-corrected chi connectivity index (χ1v) is 7.47. The molecular formula is C13H14ClNO3S. The Labute approximate surface area is 120 Å². The van der Waals surface area contributed by atoms with Crippen molar-refractivity contribution in [2.24, 2.45) is 5.92 Å². The third-order valence-corrected chi connectivity index (χ3v) is 4.36. The van der Waals surface area contributed by atoms with Crippen molar-refractivity contribution in [1.29, 1.82) is 0 Å². The summed E-state index contributed by atoms with van der Waals surface area (Å²) in [5, 5.41) is 9.46. The average Bonchev–Trinajstić information content (AvgIpc) is 2.88. The van der Waals surface area contributed by atoms with E-state index in [0.29, 0.717) is 10.7 Å². The summed E-state index contributed by atoms with van der Waals surface area (Å²) in [5.74, 6) is 0.458. The summed E-state index contributed by atoms with van der Waals surface area (Å²) in [6.45, 7) is -0.333. The van der Waals surface area contributed by atoms with E-state index in [1.165, 1.54) is 4.90 Å². The molecule has 0 aromatic heterocycles. The Morgan fingerprint density at radius 3 is 2.84 bits per heavy atom. The number of nitrogens with zero attached hydrogens (tertiary/aromatic N) is 1. The van der Waals surface area contributed by atoms with Crippen molar-refractivity contribution in [2.45, 2.75) is 6.42 Å². The Morgan fingerprint density at radius 2 is 2.26 bits per heavy atom. The lowest BCUT2D eigenvalue weighted by Crippen LogP contribution is -2.40. The Morgan fingerprint density at radius 1 is 1.47 bits per heavy atom. The van der Waals surface area contributed by atoms with Crippen molar-refractivity contribution in [2.75, 3.05) is 23.0 Å². The summed E-state index contributed by atoms with van der Waals surface area (Å²) in [7, 11) is 0. The highest BCUT2D eigenvalue weighted by atomic mass is 35.5. The van der Waals surface area contributed by atoms with Gasteiger partial charge in [-0.2, -0.15) is 11.8 Å². The van der Waals surface area contributed by atoms with Crippen molar-refractivity contribution >= 4 is 40.9 Å². The Balaban J connectivity index is 2.24. The molecule has 102 valence electrons. The van der Waals surface area contributed by atoms with Gasteiger partial charge in [0.1, 0.15) is 6.54 Å². The molecule has 1 unspecified atom stereocenters. The molecule has 0 saturated carbocycles. The summed E-state index contributed by atoms with van der Waals surface area (Å²) in [6, 6.07) is 6.72. The van der Waals surface area contributed by atoms with Gasteiger partial charge >= 0.3 is 5.97 Å². The van der Waals surface area contributed by atoms with E-state index in [2.05, 4.69) is 0 Å². The largest absolute Gasteiger partial charge is 0.480 e. The zero-order valence-corrected chi connectivity index (χ0v) is 11.8. The van der Waals surface area contributed by atoms with Crippen molar-refractivity contribution < 1.29 is 14.7 Å². The van der Waals surface area contributed by atoms with E-state index in [1.807, 2.05) is 0 Å². The number of carboxylic acid groups (broad SMARTS) is 1. The number of anilines is 1. The lowest BCUT2D eigenvalue weighted by molar-refractivity contribution is -0.137. The molecule has 1 fully saturated rings. The normalized spacial score (nSPS) is 18.3. The summed E-state index contributed by atoms with van der Waals surface area (Å²) < 4.78 is 0. The number of hydrogen-bond donors (Lipinski definition) is 1. The van der Waals surface area contributed by atoms with Gasteiger partial charge in [0.2, 0.25) is 5.91 Å². The van der Waals surface area contributed by atoms with Gasteiger partial charge in [0.15, 0.2) is 0 Å². The standard InChI is InChI=1S/C13H14ClNO3S/c14-10-2-1-3-11(6-10)15(7-12(16)17)13(18)9-4-5-19-8-9/h1-3,6,9H,4-5,7-8H2,(H,16,17). The van der Waals surface area contributed by atoms with E-state index in [4.69, 9.17) is 16.7 Å². The molecule has 1 heterocycles. The average molecular weight is 300 g/mol. The van der Waals surface area contributed by atoms with E-state index in [9.17, 15) is 9.59 Å². The second-order valence-corrected chi connectivity index (χ2v) is 5.94. The topological polar surface area (TPSA) is 57.6 Å². The van der Waals surface area contributed by atoms with Crippen molar-refractivity contribution in [3.63, 3.8) is 0 Å². The van der Waals surface area contributed by atoms with Gasteiger partial charge < -0.3 is 10.0 Å². The summed E-state index contributed by atoms with van der Waals surface area (Å²) in [6.07, 6.45) is 0.806. The van der Waals surface area contributed by atoms with Crippen LogP contribution in [0.5, 0.6) is 0 Å². The first-order valence-electron chi connectivity index (χ1n) is 5.94. The van der Waals surface area contributed by atoms with E-state index in [0.717, 1.165) is 17.9 Å². The number of rotatable bonds is 4. The molecule has 0 bridgehead atoms. The minimum Gasteiger partial charge on any atom is -0.480 e. The molecule has 1 aliphatic heterocycles. The summed E-state index contributed by atoms with van der Waals surface area (Å²) >= 11 is 7.62. The minimum absolute atomic E-state index is 0.0941. The fraction of sp³-hybridized carbons (Fsp3) is 0.385. The quantitative estimate of drug-likeness (QED) is 0.928. The van der Waals surface area contributed by atoms with Gasteiger partial charge in [0.05, 0.1) is 0 Å². The van der Waals surface area contributed by atoms with Crippen LogP contribution in [0, 0.1) is 5.92 Å². The van der Waals surface area contributed by atoms with Gasteiger partial charge in [-0.1, -0.05) is 17.7 Å². The van der Waals surface area contributed by atoms with Gasteiger partial charge in [0.25, 0.3) is 0 Å². The number of halogens is 1. The third-order valence-electron chi connectivity index (χ3n) is 2.96. The zero-order chi connectivity index (χ0) is 13.8. The first-order chi connectivity index (χ1) is 9.08. The predicted octanol–water partition coefficient (Wildman–Crippen LogP) is 2.51. The predicted molar refractivity (Wildman–Crippen MR) is 76.9 cm³/mol. The molecule has 6 heteroatoms. The number of carbonyl (C=O) groups is 2. The fourth-order valence-electron chi connectivity index (χ4n) is 2.03. The molecule has 1 amide bonds. The van der Waals surface area contributed by atoms with Gasteiger partial charge in [-0.05, 0) is 30.4 Å². The molecule has 4 nitrogen and oxygen atoms in total. The molecule has 1 aromatic carbocycles. The number of carboxylic acids is 1. The summed E-state index contributed by atoms with van der Waals surface area (Å²) in [4.78, 5) is 24.7. The SMILES string of the molecule is O=C(O)CN(C(=O)C1CCSC1)c1cccc(Cl)c1. The number of aliphatic carboxylic acids is 1. The summed E-state index contributed by atoms with van der Waals surface area (Å²) in [5.41, 5.74) is 0.539. The molecule has 1 atom stereocenters. The third kappa shape index (κ3) is 3.64. The Kier molecular flexibility index (Phi) is 4.71. The molecule has 0 radical (unpaired) electrons. The van der Waals surface area contributed by atoms with E-state index < -0.39 is 5.97 Å². The van der Waals surface area contributed by atoms with Crippen LogP contribution in [0.4, 0.5) is 5.69 Å². The highest BCUT2D eigenvalue weighted by Gasteiger charge is 2.29. The van der Waals surface area contributed by atoms with Gasteiger partial charge in [0, 0.05) is 22.4 Å². The smallest absolute Gasteiger partial charge is 0.323 e. The first kappa shape index (κ1) is 14.2. The second kappa shape index (κ2) is 6.30. The molecule has 0 spiro atoms. The van der Waals surface area contributed by atoms with Gasteiger partial charge in [-0.3, -0.25) is 9.59 Å². The van der Waals surface area contributed by atoms with Crippen LogP contribution in [0.15, 0.2) is 24.3 Å². The molecule has 2 rings (SSSR count). The van der Waals surface area contributed by atoms with Crippen LogP contribution in [0.1, 0.15) is 6.42 Å². The van der Waals surface area contributed by atoms with Crippen LogP contribution in [-0.2, 0) is 9.59 Å². The number of amides is 1. The number of hydrogen-bond acceptors (Lipinski definition) is 3. The molecular weight excluding hydrogens is 286 g/mol. The zero-order valence-electron chi connectivity index (χ0n) is 10.2. The fourth-order valence-corrected chi connectivity index (χ4v) is 3.42. The second-order valence-electron chi connectivity index (χ2n) is 4.36. The molecule has 1 aromatic rings. The molecule has 1 N–H and O–H groups in total. The number of thioether (sulfide) groups is 1.